The summed E-state index contributed by atoms with van der Waals surface area (Å²) in [6.45, 7) is 2.80. The van der Waals surface area contributed by atoms with Gasteiger partial charge >= 0.3 is 0 Å². The van der Waals surface area contributed by atoms with Gasteiger partial charge in [-0.3, -0.25) is 0 Å². The maximum absolute atomic E-state index is 11.3. The smallest absolute Gasteiger partial charge is 0.147 e. The van der Waals surface area contributed by atoms with E-state index >= 15 is 0 Å². The van der Waals surface area contributed by atoms with E-state index in [9.17, 15) is 8.42 Å². The third-order valence-electron chi connectivity index (χ3n) is 3.11. The van der Waals surface area contributed by atoms with Gasteiger partial charge in [0.05, 0.1) is 12.0 Å². The molecular weight excluding hydrogens is 262 g/mol. The molecule has 19 heavy (non-hydrogen) atoms. The van der Waals surface area contributed by atoms with Crippen molar-refractivity contribution in [2.24, 2.45) is 0 Å². The molecular formula is C14H19NO3S. The molecule has 0 aliphatic rings. The van der Waals surface area contributed by atoms with Gasteiger partial charge < -0.3 is 9.73 Å². The minimum Gasteiger partial charge on any atom is -0.464 e. The summed E-state index contributed by atoms with van der Waals surface area (Å²) in [5.74, 6) is 0.171. The van der Waals surface area contributed by atoms with Gasteiger partial charge in [0.15, 0.2) is 0 Å². The second-order valence-corrected chi connectivity index (χ2v) is 6.98. The van der Waals surface area contributed by atoms with Gasteiger partial charge in [0.2, 0.25) is 0 Å². The predicted molar refractivity (Wildman–Crippen MR) is 77.0 cm³/mol. The van der Waals surface area contributed by atoms with Crippen molar-refractivity contribution in [2.75, 3.05) is 18.6 Å². The number of furan rings is 1. The summed E-state index contributed by atoms with van der Waals surface area (Å²) in [4.78, 5) is 0. The second kappa shape index (κ2) is 5.75. The molecule has 2 rings (SSSR count). The first-order valence-corrected chi connectivity index (χ1v) is 8.44. The van der Waals surface area contributed by atoms with E-state index in [1.54, 1.807) is 6.26 Å². The van der Waals surface area contributed by atoms with Crippen LogP contribution in [0.4, 0.5) is 0 Å². The maximum Gasteiger partial charge on any atom is 0.147 e. The van der Waals surface area contributed by atoms with Gasteiger partial charge in [-0.1, -0.05) is 25.1 Å². The van der Waals surface area contributed by atoms with Crippen molar-refractivity contribution in [3.05, 3.63) is 36.1 Å². The van der Waals surface area contributed by atoms with Crippen molar-refractivity contribution >= 4 is 20.8 Å². The van der Waals surface area contributed by atoms with E-state index in [4.69, 9.17) is 4.42 Å². The monoisotopic (exact) mass is 281 g/mol. The van der Waals surface area contributed by atoms with Crippen molar-refractivity contribution in [1.82, 2.24) is 5.32 Å². The van der Waals surface area contributed by atoms with E-state index < -0.39 is 9.84 Å². The molecule has 1 aromatic carbocycles. The quantitative estimate of drug-likeness (QED) is 0.884. The normalized spacial score (nSPS) is 13.8. The highest BCUT2D eigenvalue weighted by Gasteiger charge is 2.17. The Morgan fingerprint density at radius 3 is 2.74 bits per heavy atom. The summed E-state index contributed by atoms with van der Waals surface area (Å²) in [5.41, 5.74) is 1.86. The first-order chi connectivity index (χ1) is 9.01. The van der Waals surface area contributed by atoms with Crippen LogP contribution in [0.15, 0.2) is 34.9 Å². The minimum atomic E-state index is -2.95. The van der Waals surface area contributed by atoms with Gasteiger partial charge in [-0.05, 0) is 19.0 Å². The molecule has 2 aromatic rings. The molecule has 0 fully saturated rings. The van der Waals surface area contributed by atoms with Crippen LogP contribution in [0, 0.1) is 0 Å². The number of nitrogens with one attached hydrogen (secondary N) is 1. The third-order valence-corrected chi connectivity index (χ3v) is 4.09. The zero-order valence-corrected chi connectivity index (χ0v) is 12.0. The lowest BCUT2D eigenvalue weighted by atomic mass is 10.0. The summed E-state index contributed by atoms with van der Waals surface area (Å²) >= 11 is 0. The molecule has 1 atom stereocenters. The Balaban J connectivity index is 2.28. The lowest BCUT2D eigenvalue weighted by Crippen LogP contribution is -2.23. The first kappa shape index (κ1) is 14.1. The number of para-hydroxylation sites is 1. The number of hydrogen-bond donors (Lipinski definition) is 1. The Bertz CT molecular complexity index is 646. The molecule has 104 valence electrons. The summed E-state index contributed by atoms with van der Waals surface area (Å²) in [5, 5.41) is 4.37. The molecule has 0 spiro atoms. The van der Waals surface area contributed by atoms with Crippen LogP contribution in [-0.2, 0) is 9.84 Å². The molecule has 0 aliphatic carbocycles. The van der Waals surface area contributed by atoms with E-state index in [1.165, 1.54) is 6.26 Å². The van der Waals surface area contributed by atoms with E-state index in [2.05, 4.69) is 5.32 Å². The summed E-state index contributed by atoms with van der Waals surface area (Å²) in [6, 6.07) is 7.80. The Hall–Kier alpha value is -1.33. The van der Waals surface area contributed by atoms with Crippen LogP contribution in [-0.4, -0.2) is 27.0 Å². The lowest BCUT2D eigenvalue weighted by molar-refractivity contribution is 0.520. The topological polar surface area (TPSA) is 59.3 Å². The van der Waals surface area contributed by atoms with E-state index in [-0.39, 0.29) is 11.8 Å². The predicted octanol–water partition coefficient (Wildman–Crippen LogP) is 2.52. The van der Waals surface area contributed by atoms with Crippen LogP contribution in [0.5, 0.6) is 0 Å². The average Bonchev–Trinajstić information content (AvgIpc) is 2.77. The fourth-order valence-corrected chi connectivity index (χ4v) is 2.88. The Morgan fingerprint density at radius 1 is 1.32 bits per heavy atom. The molecule has 1 N–H and O–H groups in total. The Kier molecular flexibility index (Phi) is 4.27. The molecule has 0 radical (unpaired) electrons. The third kappa shape index (κ3) is 3.58. The molecule has 0 aliphatic heterocycles. The molecule has 1 aromatic heterocycles. The highest BCUT2D eigenvalue weighted by atomic mass is 32.2. The molecule has 5 heteroatoms. The SMILES string of the molecule is CCNC(CCS(C)(=O)=O)c1coc2ccccc12. The largest absolute Gasteiger partial charge is 0.464 e. The molecule has 1 heterocycles. The zero-order valence-electron chi connectivity index (χ0n) is 11.2. The first-order valence-electron chi connectivity index (χ1n) is 6.38. The van der Waals surface area contributed by atoms with Crippen molar-refractivity contribution < 1.29 is 12.8 Å². The number of hydrogen-bond acceptors (Lipinski definition) is 4. The molecule has 0 saturated heterocycles. The fraction of sp³-hybridized carbons (Fsp3) is 0.429. The highest BCUT2D eigenvalue weighted by Crippen LogP contribution is 2.28. The Labute approximate surface area is 113 Å². The van der Waals surface area contributed by atoms with E-state index in [1.807, 2.05) is 31.2 Å². The van der Waals surface area contributed by atoms with Crippen LogP contribution < -0.4 is 5.32 Å². The standard InChI is InChI=1S/C14H19NO3S/c1-3-15-13(8-9-19(2,16)17)12-10-18-14-7-5-4-6-11(12)14/h4-7,10,13,15H,3,8-9H2,1-2H3. The zero-order chi connectivity index (χ0) is 13.9. The fourth-order valence-electron chi connectivity index (χ4n) is 2.21. The molecule has 0 saturated carbocycles. The van der Waals surface area contributed by atoms with E-state index in [0.717, 1.165) is 23.1 Å². The summed E-state index contributed by atoms with van der Waals surface area (Å²) in [7, 11) is -2.95. The van der Waals surface area contributed by atoms with Gasteiger partial charge in [0.25, 0.3) is 0 Å². The van der Waals surface area contributed by atoms with Crippen LogP contribution in [0.25, 0.3) is 11.0 Å². The Morgan fingerprint density at radius 2 is 2.05 bits per heavy atom. The maximum atomic E-state index is 11.3. The van der Waals surface area contributed by atoms with Gasteiger partial charge in [0.1, 0.15) is 15.4 Å². The van der Waals surface area contributed by atoms with Gasteiger partial charge in [-0.25, -0.2) is 8.42 Å². The molecule has 0 bridgehead atoms. The molecule has 0 amide bonds. The van der Waals surface area contributed by atoms with Crippen LogP contribution in [0.3, 0.4) is 0 Å². The van der Waals surface area contributed by atoms with Gasteiger partial charge in [-0.2, -0.15) is 0 Å². The number of benzene rings is 1. The van der Waals surface area contributed by atoms with Crippen LogP contribution >= 0.6 is 0 Å². The van der Waals surface area contributed by atoms with Gasteiger partial charge in [-0.15, -0.1) is 0 Å². The van der Waals surface area contributed by atoms with Gasteiger partial charge in [0, 0.05) is 23.2 Å². The minimum absolute atomic E-state index is 0.00312. The number of sulfone groups is 1. The second-order valence-electron chi connectivity index (χ2n) is 4.72. The van der Waals surface area contributed by atoms with Crippen LogP contribution in [0.1, 0.15) is 24.9 Å². The summed E-state index contributed by atoms with van der Waals surface area (Å²) in [6.07, 6.45) is 3.54. The van der Waals surface area contributed by atoms with Crippen molar-refractivity contribution in [2.45, 2.75) is 19.4 Å². The molecule has 1 unspecified atom stereocenters. The molecule has 4 nitrogen and oxygen atoms in total. The van der Waals surface area contributed by atoms with E-state index in [0.29, 0.717) is 6.42 Å². The van der Waals surface area contributed by atoms with Crippen molar-refractivity contribution in [3.8, 4) is 0 Å². The van der Waals surface area contributed by atoms with Crippen molar-refractivity contribution in [1.29, 1.82) is 0 Å². The average molecular weight is 281 g/mol. The lowest BCUT2D eigenvalue weighted by Gasteiger charge is -2.16. The summed E-state index contributed by atoms with van der Waals surface area (Å²) < 4.78 is 28.2. The number of rotatable bonds is 6. The highest BCUT2D eigenvalue weighted by molar-refractivity contribution is 7.90. The van der Waals surface area contributed by atoms with Crippen molar-refractivity contribution in [3.63, 3.8) is 0 Å². The number of fused-ring (bicyclic) bond motifs is 1. The van der Waals surface area contributed by atoms with Crippen LogP contribution in [0.2, 0.25) is 0 Å².